The van der Waals surface area contributed by atoms with E-state index in [0.29, 0.717) is 27.1 Å². The van der Waals surface area contributed by atoms with Gasteiger partial charge in [0.05, 0.1) is 34.6 Å². The fraction of sp³-hybridized carbons (Fsp3) is 0.211. The van der Waals surface area contributed by atoms with Crippen molar-refractivity contribution in [3.8, 4) is 6.07 Å². The van der Waals surface area contributed by atoms with Crippen LogP contribution in [-0.2, 0) is 9.59 Å². The number of anilines is 1. The highest BCUT2D eigenvalue weighted by Crippen LogP contribution is 2.36. The predicted octanol–water partition coefficient (Wildman–Crippen LogP) is 3.95. The third kappa shape index (κ3) is 4.35. The minimum atomic E-state index is -0.445. The van der Waals surface area contributed by atoms with E-state index in [0.717, 1.165) is 17.3 Å². The SMILES string of the molecule is Cc1c(Cl)cccc1NC(=O)CSC1=C(C#N)[C@@H](c2ccco2)CC(=O)N1. The lowest BCUT2D eigenvalue weighted by molar-refractivity contribution is -0.121. The van der Waals surface area contributed by atoms with E-state index in [2.05, 4.69) is 16.7 Å². The van der Waals surface area contributed by atoms with Crippen molar-refractivity contribution >= 4 is 40.9 Å². The molecule has 2 amide bonds. The van der Waals surface area contributed by atoms with E-state index in [1.54, 1.807) is 30.3 Å². The maximum Gasteiger partial charge on any atom is 0.234 e. The highest BCUT2D eigenvalue weighted by Gasteiger charge is 2.31. The summed E-state index contributed by atoms with van der Waals surface area (Å²) in [5, 5.41) is 16.0. The molecule has 0 aliphatic carbocycles. The van der Waals surface area contributed by atoms with Gasteiger partial charge < -0.3 is 15.1 Å². The topological polar surface area (TPSA) is 95.1 Å². The molecule has 1 aromatic heterocycles. The zero-order valence-corrected chi connectivity index (χ0v) is 16.0. The van der Waals surface area contributed by atoms with Gasteiger partial charge in [0, 0.05) is 17.1 Å². The Bertz CT molecular complexity index is 948. The number of carbonyl (C=O) groups is 2. The largest absolute Gasteiger partial charge is 0.469 e. The van der Waals surface area contributed by atoms with Crippen LogP contribution in [0, 0.1) is 18.3 Å². The maximum atomic E-state index is 12.3. The van der Waals surface area contributed by atoms with Crippen molar-refractivity contribution < 1.29 is 14.0 Å². The number of nitriles is 1. The number of thioether (sulfide) groups is 1. The smallest absolute Gasteiger partial charge is 0.234 e. The molecule has 0 spiro atoms. The molecule has 27 heavy (non-hydrogen) atoms. The molecule has 0 unspecified atom stereocenters. The van der Waals surface area contributed by atoms with Crippen LogP contribution < -0.4 is 10.6 Å². The fourth-order valence-electron chi connectivity index (χ4n) is 2.73. The van der Waals surface area contributed by atoms with Gasteiger partial charge in [0.1, 0.15) is 5.76 Å². The van der Waals surface area contributed by atoms with Crippen LogP contribution in [0.2, 0.25) is 5.02 Å². The first-order valence-corrected chi connectivity index (χ1v) is 9.51. The number of furan rings is 1. The molecule has 2 aromatic rings. The Labute approximate surface area is 165 Å². The van der Waals surface area contributed by atoms with Gasteiger partial charge in [0.25, 0.3) is 0 Å². The van der Waals surface area contributed by atoms with E-state index in [1.807, 2.05) is 6.92 Å². The quantitative estimate of drug-likeness (QED) is 0.790. The van der Waals surface area contributed by atoms with Gasteiger partial charge in [-0.2, -0.15) is 5.26 Å². The first kappa shape index (κ1) is 19.1. The average Bonchev–Trinajstić information content (AvgIpc) is 3.18. The van der Waals surface area contributed by atoms with Crippen LogP contribution in [0.3, 0.4) is 0 Å². The molecule has 8 heteroatoms. The van der Waals surface area contributed by atoms with Crippen LogP contribution in [0.25, 0.3) is 0 Å². The lowest BCUT2D eigenvalue weighted by Gasteiger charge is -2.23. The molecular formula is C19H16ClN3O3S. The van der Waals surface area contributed by atoms with Gasteiger partial charge >= 0.3 is 0 Å². The second-order valence-corrected chi connectivity index (χ2v) is 7.32. The Morgan fingerprint density at radius 2 is 2.26 bits per heavy atom. The van der Waals surface area contributed by atoms with Crippen LogP contribution in [0.4, 0.5) is 5.69 Å². The van der Waals surface area contributed by atoms with E-state index in [-0.39, 0.29) is 24.0 Å². The van der Waals surface area contributed by atoms with Crippen LogP contribution in [0.5, 0.6) is 0 Å². The standard InChI is InChI=1S/C19H16ClN3O3S/c1-11-14(20)4-2-5-15(11)22-18(25)10-27-19-13(9-21)12(8-17(24)23-19)16-6-3-7-26-16/h2-7,12H,8,10H2,1H3,(H,22,25)(H,23,24)/t12-/m0/s1. The molecule has 2 N–H and O–H groups in total. The predicted molar refractivity (Wildman–Crippen MR) is 104 cm³/mol. The number of halogens is 1. The lowest BCUT2D eigenvalue weighted by Crippen LogP contribution is -2.31. The normalized spacial score (nSPS) is 16.6. The van der Waals surface area contributed by atoms with Crippen LogP contribution >= 0.6 is 23.4 Å². The third-order valence-corrected chi connectivity index (χ3v) is 5.56. The number of allylic oxidation sites excluding steroid dienone is 1. The van der Waals surface area contributed by atoms with E-state index in [4.69, 9.17) is 16.0 Å². The van der Waals surface area contributed by atoms with Crippen LogP contribution in [0.15, 0.2) is 51.6 Å². The fourth-order valence-corrected chi connectivity index (χ4v) is 3.78. The van der Waals surface area contributed by atoms with Gasteiger partial charge in [0.15, 0.2) is 0 Å². The van der Waals surface area contributed by atoms with Crippen molar-refractivity contribution in [3.05, 3.63) is 63.5 Å². The number of nitrogens with zero attached hydrogens (tertiary/aromatic N) is 1. The number of benzene rings is 1. The molecule has 0 fully saturated rings. The number of carbonyl (C=O) groups excluding carboxylic acids is 2. The zero-order chi connectivity index (χ0) is 19.4. The summed E-state index contributed by atoms with van der Waals surface area (Å²) in [5.74, 6) is -0.330. The van der Waals surface area contributed by atoms with Crippen molar-refractivity contribution in [1.82, 2.24) is 5.32 Å². The van der Waals surface area contributed by atoms with Crippen molar-refractivity contribution in [2.24, 2.45) is 0 Å². The lowest BCUT2D eigenvalue weighted by atomic mass is 9.92. The molecule has 0 radical (unpaired) electrons. The molecule has 3 rings (SSSR count). The van der Waals surface area contributed by atoms with Crippen molar-refractivity contribution in [3.63, 3.8) is 0 Å². The van der Waals surface area contributed by atoms with Gasteiger partial charge in [0.2, 0.25) is 11.8 Å². The monoisotopic (exact) mass is 401 g/mol. The molecule has 1 aliphatic rings. The molecule has 1 aliphatic heterocycles. The van der Waals surface area contributed by atoms with Gasteiger partial charge in [-0.25, -0.2) is 0 Å². The minimum absolute atomic E-state index is 0.0393. The second kappa shape index (κ2) is 8.33. The van der Waals surface area contributed by atoms with E-state index < -0.39 is 5.92 Å². The molecule has 1 atom stereocenters. The Morgan fingerprint density at radius 1 is 1.44 bits per heavy atom. The zero-order valence-electron chi connectivity index (χ0n) is 14.4. The van der Waals surface area contributed by atoms with E-state index in [9.17, 15) is 14.9 Å². The van der Waals surface area contributed by atoms with Gasteiger partial charge in [-0.15, -0.1) is 0 Å². The summed E-state index contributed by atoms with van der Waals surface area (Å²) in [7, 11) is 0. The molecule has 0 saturated heterocycles. The second-order valence-electron chi connectivity index (χ2n) is 5.92. The number of hydrogen-bond donors (Lipinski definition) is 2. The first-order valence-electron chi connectivity index (χ1n) is 8.15. The Kier molecular flexibility index (Phi) is 5.89. The van der Waals surface area contributed by atoms with Gasteiger partial charge in [-0.05, 0) is 36.8 Å². The molecule has 0 bridgehead atoms. The third-order valence-electron chi connectivity index (χ3n) is 4.13. The van der Waals surface area contributed by atoms with E-state index in [1.165, 1.54) is 6.26 Å². The average molecular weight is 402 g/mol. The minimum Gasteiger partial charge on any atom is -0.469 e. The van der Waals surface area contributed by atoms with Crippen molar-refractivity contribution in [2.45, 2.75) is 19.3 Å². The molecule has 138 valence electrons. The summed E-state index contributed by atoms with van der Waals surface area (Å²) in [4.78, 5) is 24.3. The number of rotatable bonds is 5. The summed E-state index contributed by atoms with van der Waals surface area (Å²) in [6.07, 6.45) is 1.64. The van der Waals surface area contributed by atoms with Gasteiger partial charge in [-0.3, -0.25) is 9.59 Å². The van der Waals surface area contributed by atoms with Crippen LogP contribution in [0.1, 0.15) is 23.7 Å². The summed E-state index contributed by atoms with van der Waals surface area (Å²) in [6, 6.07) is 10.8. The van der Waals surface area contributed by atoms with Crippen LogP contribution in [-0.4, -0.2) is 17.6 Å². The summed E-state index contributed by atoms with van der Waals surface area (Å²) in [6.45, 7) is 1.82. The summed E-state index contributed by atoms with van der Waals surface area (Å²) < 4.78 is 5.36. The number of amides is 2. The number of nitrogens with one attached hydrogen (secondary N) is 2. The molecular weight excluding hydrogens is 386 g/mol. The van der Waals surface area contributed by atoms with Crippen molar-refractivity contribution in [1.29, 1.82) is 5.26 Å². The Hall–Kier alpha value is -2.69. The highest BCUT2D eigenvalue weighted by molar-refractivity contribution is 8.03. The Balaban J connectivity index is 1.73. The summed E-state index contributed by atoms with van der Waals surface area (Å²) in [5.41, 5.74) is 1.79. The molecule has 0 saturated carbocycles. The maximum absolute atomic E-state index is 12.3. The van der Waals surface area contributed by atoms with E-state index >= 15 is 0 Å². The van der Waals surface area contributed by atoms with Gasteiger partial charge in [-0.1, -0.05) is 29.4 Å². The number of hydrogen-bond acceptors (Lipinski definition) is 5. The molecule has 2 heterocycles. The summed E-state index contributed by atoms with van der Waals surface area (Å²) >= 11 is 7.17. The molecule has 1 aromatic carbocycles. The molecule has 6 nitrogen and oxygen atoms in total. The highest BCUT2D eigenvalue weighted by atomic mass is 35.5. The first-order chi connectivity index (χ1) is 13.0. The van der Waals surface area contributed by atoms with Crippen molar-refractivity contribution in [2.75, 3.05) is 11.1 Å². The Morgan fingerprint density at radius 3 is 2.96 bits per heavy atom.